The van der Waals surface area contributed by atoms with Crippen molar-refractivity contribution in [1.82, 2.24) is 15.1 Å². The molecule has 1 atom stereocenters. The molecule has 1 unspecified atom stereocenters. The van der Waals surface area contributed by atoms with Gasteiger partial charge in [-0.3, -0.25) is 9.69 Å². The maximum atomic E-state index is 12.2. The van der Waals surface area contributed by atoms with Gasteiger partial charge in [-0.15, -0.1) is 0 Å². The number of piperidine rings is 1. The first-order valence-corrected chi connectivity index (χ1v) is 7.05. The van der Waals surface area contributed by atoms with E-state index in [0.29, 0.717) is 12.6 Å². The molecule has 1 aliphatic carbocycles. The summed E-state index contributed by atoms with van der Waals surface area (Å²) in [4.78, 5) is 16.2. The molecule has 1 saturated heterocycles. The Balaban J connectivity index is 1.82. The second-order valence-electron chi connectivity index (χ2n) is 5.46. The normalized spacial score (nSPS) is 24.2. The first-order chi connectivity index (χ1) is 8.68. The van der Waals surface area contributed by atoms with Gasteiger partial charge in [0.2, 0.25) is 5.91 Å². The topological polar surface area (TPSA) is 35.6 Å². The molecule has 0 aromatic heterocycles. The van der Waals surface area contributed by atoms with E-state index in [0.717, 1.165) is 25.9 Å². The molecule has 0 saturated carbocycles. The summed E-state index contributed by atoms with van der Waals surface area (Å²) in [7, 11) is 3.97. The van der Waals surface area contributed by atoms with E-state index in [9.17, 15) is 4.79 Å². The molecule has 102 valence electrons. The SMILES string of the molecule is CN(C(=O)CN(C)C1CCCNC1)C1=CCCC1. The predicted molar refractivity (Wildman–Crippen MR) is 73.2 cm³/mol. The third kappa shape index (κ3) is 3.33. The highest BCUT2D eigenvalue weighted by Crippen LogP contribution is 2.20. The van der Waals surface area contributed by atoms with Crippen LogP contribution in [-0.4, -0.2) is 55.5 Å². The van der Waals surface area contributed by atoms with Crippen LogP contribution in [0.1, 0.15) is 32.1 Å². The summed E-state index contributed by atoms with van der Waals surface area (Å²) in [5.41, 5.74) is 1.20. The van der Waals surface area contributed by atoms with Crippen LogP contribution in [-0.2, 0) is 4.79 Å². The van der Waals surface area contributed by atoms with Gasteiger partial charge in [-0.25, -0.2) is 0 Å². The van der Waals surface area contributed by atoms with E-state index in [1.54, 1.807) is 0 Å². The van der Waals surface area contributed by atoms with E-state index in [-0.39, 0.29) is 5.91 Å². The third-order valence-corrected chi connectivity index (χ3v) is 4.10. The van der Waals surface area contributed by atoms with Crippen LogP contribution in [0.15, 0.2) is 11.8 Å². The Morgan fingerprint density at radius 3 is 2.89 bits per heavy atom. The number of likely N-dealkylation sites (N-methyl/N-ethyl adjacent to an activating group) is 2. The fourth-order valence-electron chi connectivity index (χ4n) is 2.78. The minimum absolute atomic E-state index is 0.219. The first kappa shape index (κ1) is 13.6. The highest BCUT2D eigenvalue weighted by Gasteiger charge is 2.22. The molecule has 0 spiro atoms. The lowest BCUT2D eigenvalue weighted by molar-refractivity contribution is -0.129. The number of hydrogen-bond acceptors (Lipinski definition) is 3. The summed E-state index contributed by atoms with van der Waals surface area (Å²) in [6.45, 7) is 2.65. The molecule has 0 aromatic rings. The lowest BCUT2D eigenvalue weighted by Crippen LogP contribution is -2.47. The molecule has 4 nitrogen and oxygen atoms in total. The minimum Gasteiger partial charge on any atom is -0.318 e. The van der Waals surface area contributed by atoms with Gasteiger partial charge < -0.3 is 10.2 Å². The van der Waals surface area contributed by atoms with Crippen LogP contribution < -0.4 is 5.32 Å². The zero-order valence-corrected chi connectivity index (χ0v) is 11.6. The molecule has 0 radical (unpaired) electrons. The van der Waals surface area contributed by atoms with E-state index in [1.165, 1.54) is 25.0 Å². The molecule has 1 heterocycles. The smallest absolute Gasteiger partial charge is 0.240 e. The molecular weight excluding hydrogens is 226 g/mol. The summed E-state index contributed by atoms with van der Waals surface area (Å²) in [6.07, 6.45) is 7.97. The number of allylic oxidation sites excluding steroid dienone is 2. The summed E-state index contributed by atoms with van der Waals surface area (Å²) in [5.74, 6) is 0.219. The number of rotatable bonds is 4. The molecule has 0 bridgehead atoms. The van der Waals surface area contributed by atoms with Crippen molar-refractivity contribution in [3.05, 3.63) is 11.8 Å². The van der Waals surface area contributed by atoms with Crippen molar-refractivity contribution in [2.24, 2.45) is 0 Å². The summed E-state index contributed by atoms with van der Waals surface area (Å²) >= 11 is 0. The average molecular weight is 251 g/mol. The van der Waals surface area contributed by atoms with Crippen molar-refractivity contribution in [3.8, 4) is 0 Å². The number of amides is 1. The number of nitrogens with zero attached hydrogens (tertiary/aromatic N) is 2. The van der Waals surface area contributed by atoms with E-state index in [1.807, 2.05) is 11.9 Å². The zero-order chi connectivity index (χ0) is 13.0. The molecule has 18 heavy (non-hydrogen) atoms. The van der Waals surface area contributed by atoms with Gasteiger partial charge in [0.1, 0.15) is 0 Å². The predicted octanol–water partition coefficient (Wildman–Crippen LogP) is 1.20. The highest BCUT2D eigenvalue weighted by atomic mass is 16.2. The lowest BCUT2D eigenvalue weighted by Gasteiger charge is -2.32. The number of hydrogen-bond donors (Lipinski definition) is 1. The minimum atomic E-state index is 0.219. The third-order valence-electron chi connectivity index (χ3n) is 4.10. The second-order valence-corrected chi connectivity index (χ2v) is 5.46. The Morgan fingerprint density at radius 2 is 2.28 bits per heavy atom. The van der Waals surface area contributed by atoms with E-state index < -0.39 is 0 Å². The van der Waals surface area contributed by atoms with Gasteiger partial charge in [-0.05, 0) is 45.7 Å². The van der Waals surface area contributed by atoms with E-state index in [4.69, 9.17) is 0 Å². The quantitative estimate of drug-likeness (QED) is 0.815. The van der Waals surface area contributed by atoms with Gasteiger partial charge in [0.25, 0.3) is 0 Å². The van der Waals surface area contributed by atoms with Crippen molar-refractivity contribution < 1.29 is 4.79 Å². The standard InChI is InChI=1S/C14H25N3O/c1-16(13-8-5-9-15-10-13)11-14(18)17(2)12-6-3-4-7-12/h6,13,15H,3-5,7-11H2,1-2H3. The number of carbonyl (C=O) groups is 1. The van der Waals surface area contributed by atoms with Gasteiger partial charge in [0.05, 0.1) is 6.54 Å². The van der Waals surface area contributed by atoms with Crippen molar-refractivity contribution in [1.29, 1.82) is 0 Å². The molecule has 1 N–H and O–H groups in total. The van der Waals surface area contributed by atoms with Crippen LogP contribution in [0.3, 0.4) is 0 Å². The largest absolute Gasteiger partial charge is 0.318 e. The fourth-order valence-corrected chi connectivity index (χ4v) is 2.78. The van der Waals surface area contributed by atoms with Gasteiger partial charge in [-0.1, -0.05) is 6.08 Å². The fraction of sp³-hybridized carbons (Fsp3) is 0.786. The van der Waals surface area contributed by atoms with Crippen LogP contribution in [0.2, 0.25) is 0 Å². The van der Waals surface area contributed by atoms with Crippen LogP contribution in [0.25, 0.3) is 0 Å². The molecule has 4 heteroatoms. The Kier molecular flexibility index (Phi) is 4.78. The molecule has 2 aliphatic rings. The maximum absolute atomic E-state index is 12.2. The molecule has 2 rings (SSSR count). The summed E-state index contributed by atoms with van der Waals surface area (Å²) in [5, 5.41) is 3.40. The monoisotopic (exact) mass is 251 g/mol. The Bertz CT molecular complexity index is 321. The van der Waals surface area contributed by atoms with Crippen molar-refractivity contribution in [2.75, 3.05) is 33.7 Å². The Morgan fingerprint density at radius 1 is 1.44 bits per heavy atom. The summed E-state index contributed by atoms with van der Waals surface area (Å²) in [6, 6.07) is 0.508. The number of nitrogens with one attached hydrogen (secondary N) is 1. The molecule has 1 fully saturated rings. The molecular formula is C14H25N3O. The number of carbonyl (C=O) groups excluding carboxylic acids is 1. The molecule has 0 aromatic carbocycles. The summed E-state index contributed by atoms with van der Waals surface area (Å²) < 4.78 is 0. The molecule has 1 aliphatic heterocycles. The second kappa shape index (κ2) is 6.34. The first-order valence-electron chi connectivity index (χ1n) is 7.05. The van der Waals surface area contributed by atoms with E-state index >= 15 is 0 Å². The van der Waals surface area contributed by atoms with Gasteiger partial charge >= 0.3 is 0 Å². The Labute approximate surface area is 110 Å². The maximum Gasteiger partial charge on any atom is 0.240 e. The van der Waals surface area contributed by atoms with Crippen LogP contribution in [0, 0.1) is 0 Å². The van der Waals surface area contributed by atoms with Gasteiger partial charge in [0, 0.05) is 25.3 Å². The molecule has 1 amide bonds. The van der Waals surface area contributed by atoms with E-state index in [2.05, 4.69) is 23.3 Å². The lowest BCUT2D eigenvalue weighted by atomic mass is 10.1. The van der Waals surface area contributed by atoms with Crippen LogP contribution >= 0.6 is 0 Å². The van der Waals surface area contributed by atoms with Crippen molar-refractivity contribution in [3.63, 3.8) is 0 Å². The van der Waals surface area contributed by atoms with Crippen molar-refractivity contribution in [2.45, 2.75) is 38.1 Å². The van der Waals surface area contributed by atoms with Gasteiger partial charge in [0.15, 0.2) is 0 Å². The van der Waals surface area contributed by atoms with Gasteiger partial charge in [-0.2, -0.15) is 0 Å². The van der Waals surface area contributed by atoms with Crippen molar-refractivity contribution >= 4 is 5.91 Å². The van der Waals surface area contributed by atoms with Crippen LogP contribution in [0.4, 0.5) is 0 Å². The Hall–Kier alpha value is -0.870. The zero-order valence-electron chi connectivity index (χ0n) is 11.6. The van der Waals surface area contributed by atoms with Crippen LogP contribution in [0.5, 0.6) is 0 Å². The average Bonchev–Trinajstić information content (AvgIpc) is 2.92. The highest BCUT2D eigenvalue weighted by molar-refractivity contribution is 5.79.